The standard InChI is InChI=1S/C12H23N3O2/c16-9-8-14-4-6-15(7-5-14)12(17)11-2-1-3-13-10-11/h11,13,16H,1-10H2/t11-/m0/s1. The smallest absolute Gasteiger partial charge is 0.227 e. The van der Waals surface area contributed by atoms with E-state index < -0.39 is 0 Å². The Labute approximate surface area is 103 Å². The van der Waals surface area contributed by atoms with Crippen LogP contribution in [0.5, 0.6) is 0 Å². The molecular weight excluding hydrogens is 218 g/mol. The van der Waals surface area contributed by atoms with Crippen LogP contribution in [0.15, 0.2) is 0 Å². The summed E-state index contributed by atoms with van der Waals surface area (Å²) in [5.74, 6) is 0.508. The monoisotopic (exact) mass is 241 g/mol. The summed E-state index contributed by atoms with van der Waals surface area (Å²) in [5, 5.41) is 12.2. The molecule has 2 N–H and O–H groups in total. The normalized spacial score (nSPS) is 27.1. The molecule has 1 amide bonds. The second kappa shape index (κ2) is 6.33. The molecule has 0 unspecified atom stereocenters. The molecule has 2 aliphatic rings. The van der Waals surface area contributed by atoms with E-state index in [0.717, 1.165) is 58.7 Å². The van der Waals surface area contributed by atoms with Gasteiger partial charge in [0.25, 0.3) is 0 Å². The lowest BCUT2D eigenvalue weighted by Gasteiger charge is -2.37. The van der Waals surface area contributed by atoms with Crippen molar-refractivity contribution in [3.05, 3.63) is 0 Å². The molecule has 2 aliphatic heterocycles. The zero-order valence-electron chi connectivity index (χ0n) is 10.4. The lowest BCUT2D eigenvalue weighted by atomic mass is 9.98. The Kier molecular flexibility index (Phi) is 4.76. The fourth-order valence-corrected chi connectivity index (χ4v) is 2.65. The summed E-state index contributed by atoms with van der Waals surface area (Å²) in [6.07, 6.45) is 2.14. The number of hydrogen-bond acceptors (Lipinski definition) is 4. The number of carbonyl (C=O) groups excluding carboxylic acids is 1. The van der Waals surface area contributed by atoms with Crippen molar-refractivity contribution in [1.29, 1.82) is 0 Å². The molecule has 0 saturated carbocycles. The van der Waals surface area contributed by atoms with E-state index in [9.17, 15) is 4.79 Å². The summed E-state index contributed by atoms with van der Waals surface area (Å²) in [7, 11) is 0. The highest BCUT2D eigenvalue weighted by molar-refractivity contribution is 5.79. The average Bonchev–Trinajstić information content (AvgIpc) is 2.40. The first kappa shape index (κ1) is 12.8. The summed E-state index contributed by atoms with van der Waals surface area (Å²) in [6, 6.07) is 0. The van der Waals surface area contributed by atoms with Crippen LogP contribution in [-0.4, -0.2) is 73.2 Å². The number of rotatable bonds is 3. The number of nitrogens with one attached hydrogen (secondary N) is 1. The average molecular weight is 241 g/mol. The van der Waals surface area contributed by atoms with Crippen molar-refractivity contribution in [3.8, 4) is 0 Å². The van der Waals surface area contributed by atoms with Gasteiger partial charge in [-0.1, -0.05) is 0 Å². The van der Waals surface area contributed by atoms with Crippen molar-refractivity contribution in [2.75, 3.05) is 52.4 Å². The Morgan fingerprint density at radius 2 is 2.06 bits per heavy atom. The van der Waals surface area contributed by atoms with Gasteiger partial charge in [0.1, 0.15) is 0 Å². The van der Waals surface area contributed by atoms with E-state index in [-0.39, 0.29) is 12.5 Å². The van der Waals surface area contributed by atoms with Crippen LogP contribution in [0.25, 0.3) is 0 Å². The highest BCUT2D eigenvalue weighted by Gasteiger charge is 2.28. The quantitative estimate of drug-likeness (QED) is 0.674. The number of β-amino-alcohol motifs (C(OH)–C–C–N with tert-alkyl or cyclic N) is 1. The predicted octanol–water partition coefficient (Wildman–Crippen LogP) is -0.877. The van der Waals surface area contributed by atoms with Crippen LogP contribution in [0.1, 0.15) is 12.8 Å². The van der Waals surface area contributed by atoms with E-state index in [4.69, 9.17) is 5.11 Å². The van der Waals surface area contributed by atoms with Gasteiger partial charge >= 0.3 is 0 Å². The number of aliphatic hydroxyl groups is 1. The topological polar surface area (TPSA) is 55.8 Å². The fraction of sp³-hybridized carbons (Fsp3) is 0.917. The maximum atomic E-state index is 12.2. The number of hydrogen-bond donors (Lipinski definition) is 2. The van der Waals surface area contributed by atoms with E-state index >= 15 is 0 Å². The third kappa shape index (κ3) is 3.40. The first-order valence-electron chi connectivity index (χ1n) is 6.64. The molecule has 1 atom stereocenters. The summed E-state index contributed by atoms with van der Waals surface area (Å²) in [4.78, 5) is 16.4. The van der Waals surface area contributed by atoms with Crippen LogP contribution in [-0.2, 0) is 4.79 Å². The summed E-state index contributed by atoms with van der Waals surface area (Å²) in [5.41, 5.74) is 0. The van der Waals surface area contributed by atoms with Crippen LogP contribution in [0.2, 0.25) is 0 Å². The first-order chi connectivity index (χ1) is 8.31. The number of nitrogens with zero attached hydrogens (tertiary/aromatic N) is 2. The molecule has 0 radical (unpaired) electrons. The van der Waals surface area contributed by atoms with Gasteiger partial charge in [0.15, 0.2) is 0 Å². The van der Waals surface area contributed by atoms with Gasteiger partial charge in [-0.15, -0.1) is 0 Å². The summed E-state index contributed by atoms with van der Waals surface area (Å²) >= 11 is 0. The molecule has 98 valence electrons. The van der Waals surface area contributed by atoms with Gasteiger partial charge < -0.3 is 15.3 Å². The zero-order chi connectivity index (χ0) is 12.1. The lowest BCUT2D eigenvalue weighted by Crippen LogP contribution is -2.52. The van der Waals surface area contributed by atoms with Gasteiger partial charge in [-0.05, 0) is 19.4 Å². The van der Waals surface area contributed by atoms with Crippen molar-refractivity contribution in [3.63, 3.8) is 0 Å². The molecular formula is C12H23N3O2. The van der Waals surface area contributed by atoms with E-state index in [1.165, 1.54) is 0 Å². The van der Waals surface area contributed by atoms with Gasteiger partial charge in [0.2, 0.25) is 5.91 Å². The molecule has 2 heterocycles. The highest BCUT2D eigenvalue weighted by atomic mass is 16.3. The van der Waals surface area contributed by atoms with Gasteiger partial charge in [-0.25, -0.2) is 0 Å². The molecule has 17 heavy (non-hydrogen) atoms. The van der Waals surface area contributed by atoms with E-state index in [1.807, 2.05) is 4.90 Å². The number of piperidine rings is 1. The van der Waals surface area contributed by atoms with Crippen LogP contribution < -0.4 is 5.32 Å². The molecule has 5 nitrogen and oxygen atoms in total. The molecule has 2 fully saturated rings. The van der Waals surface area contributed by atoms with Gasteiger partial charge in [0.05, 0.1) is 12.5 Å². The van der Waals surface area contributed by atoms with Gasteiger partial charge in [-0.2, -0.15) is 0 Å². The summed E-state index contributed by atoms with van der Waals surface area (Å²) in [6.45, 7) is 6.25. The minimum absolute atomic E-state index is 0.188. The van der Waals surface area contributed by atoms with E-state index in [2.05, 4.69) is 10.2 Å². The molecule has 0 spiro atoms. The minimum atomic E-state index is 0.188. The maximum Gasteiger partial charge on any atom is 0.227 e. The highest BCUT2D eigenvalue weighted by Crippen LogP contribution is 2.14. The Morgan fingerprint density at radius 3 is 2.65 bits per heavy atom. The summed E-state index contributed by atoms with van der Waals surface area (Å²) < 4.78 is 0. The van der Waals surface area contributed by atoms with Gasteiger partial charge in [0, 0.05) is 39.3 Å². The fourth-order valence-electron chi connectivity index (χ4n) is 2.65. The second-order valence-electron chi connectivity index (χ2n) is 4.93. The SMILES string of the molecule is O=C([C@H]1CCCNC1)N1CCN(CCO)CC1. The Hall–Kier alpha value is -0.650. The zero-order valence-corrected chi connectivity index (χ0v) is 10.4. The Balaban J connectivity index is 1.77. The largest absolute Gasteiger partial charge is 0.395 e. The molecule has 0 aromatic carbocycles. The van der Waals surface area contributed by atoms with Crippen molar-refractivity contribution in [2.24, 2.45) is 5.92 Å². The number of piperazine rings is 1. The first-order valence-corrected chi connectivity index (χ1v) is 6.64. The molecule has 0 bridgehead atoms. The van der Waals surface area contributed by atoms with Crippen LogP contribution in [0.3, 0.4) is 0 Å². The molecule has 0 aliphatic carbocycles. The van der Waals surface area contributed by atoms with Crippen molar-refractivity contribution in [1.82, 2.24) is 15.1 Å². The van der Waals surface area contributed by atoms with Crippen LogP contribution in [0, 0.1) is 5.92 Å². The number of aliphatic hydroxyl groups excluding tert-OH is 1. The molecule has 2 rings (SSSR count). The van der Waals surface area contributed by atoms with E-state index in [1.54, 1.807) is 0 Å². The van der Waals surface area contributed by atoms with Crippen molar-refractivity contribution >= 4 is 5.91 Å². The number of carbonyl (C=O) groups is 1. The molecule has 0 aromatic rings. The van der Waals surface area contributed by atoms with Crippen LogP contribution in [0.4, 0.5) is 0 Å². The molecule has 5 heteroatoms. The van der Waals surface area contributed by atoms with Gasteiger partial charge in [-0.3, -0.25) is 9.69 Å². The maximum absolute atomic E-state index is 12.2. The Bertz CT molecular complexity index is 246. The molecule has 2 saturated heterocycles. The lowest BCUT2D eigenvalue weighted by molar-refractivity contribution is -0.137. The third-order valence-corrected chi connectivity index (χ3v) is 3.75. The predicted molar refractivity (Wildman–Crippen MR) is 65.7 cm³/mol. The van der Waals surface area contributed by atoms with Crippen molar-refractivity contribution in [2.45, 2.75) is 12.8 Å². The van der Waals surface area contributed by atoms with Crippen LogP contribution >= 0.6 is 0 Å². The number of amides is 1. The minimum Gasteiger partial charge on any atom is -0.395 e. The molecule has 0 aromatic heterocycles. The Morgan fingerprint density at radius 1 is 1.29 bits per heavy atom. The van der Waals surface area contributed by atoms with E-state index in [0.29, 0.717) is 5.91 Å². The third-order valence-electron chi connectivity index (χ3n) is 3.75. The van der Waals surface area contributed by atoms with Crippen molar-refractivity contribution < 1.29 is 9.90 Å². The second-order valence-corrected chi connectivity index (χ2v) is 4.93.